The van der Waals surface area contributed by atoms with Crippen molar-refractivity contribution in [2.75, 3.05) is 16.4 Å². The van der Waals surface area contributed by atoms with Crippen LogP contribution in [0.25, 0.3) is 0 Å². The molecule has 0 saturated carbocycles. The quantitative estimate of drug-likeness (QED) is 0.844. The monoisotopic (exact) mass is 385 g/mol. The summed E-state index contributed by atoms with van der Waals surface area (Å²) in [4.78, 5) is 38.5. The summed E-state index contributed by atoms with van der Waals surface area (Å²) in [5, 5.41) is 5.59. The lowest BCUT2D eigenvalue weighted by Crippen LogP contribution is -2.48. The van der Waals surface area contributed by atoms with Gasteiger partial charge in [-0.05, 0) is 43.7 Å². The summed E-state index contributed by atoms with van der Waals surface area (Å²) in [6, 6.07) is 9.61. The molecule has 2 aliphatic heterocycles. The number of benzene rings is 1. The number of carbonyl (C=O) groups excluding carboxylic acids is 3. The van der Waals surface area contributed by atoms with Crippen LogP contribution >= 0.6 is 11.8 Å². The van der Waals surface area contributed by atoms with Gasteiger partial charge in [0.05, 0.1) is 11.1 Å². The molecule has 140 valence electrons. The summed E-state index contributed by atoms with van der Waals surface area (Å²) < 4.78 is 5.07. The molecule has 1 aromatic heterocycles. The lowest BCUT2D eigenvalue weighted by molar-refractivity contribution is -0.135. The summed E-state index contributed by atoms with van der Waals surface area (Å²) in [6.07, 6.45) is 2.69. The fourth-order valence-corrected chi connectivity index (χ4v) is 4.95. The first-order chi connectivity index (χ1) is 13.0. The van der Waals surface area contributed by atoms with E-state index >= 15 is 0 Å². The summed E-state index contributed by atoms with van der Waals surface area (Å²) in [5.41, 5.74) is 1.10. The van der Waals surface area contributed by atoms with Gasteiger partial charge in [0.25, 0.3) is 5.91 Å². The van der Waals surface area contributed by atoms with Crippen LogP contribution in [-0.2, 0) is 9.59 Å². The van der Waals surface area contributed by atoms with Crippen molar-refractivity contribution in [2.24, 2.45) is 0 Å². The number of anilines is 2. The molecule has 0 unspecified atom stereocenters. The van der Waals surface area contributed by atoms with Gasteiger partial charge in [-0.2, -0.15) is 0 Å². The van der Waals surface area contributed by atoms with Crippen LogP contribution in [0, 0.1) is 0 Å². The summed E-state index contributed by atoms with van der Waals surface area (Å²) in [6.45, 7) is 2.01. The number of nitrogens with zero attached hydrogens (tertiary/aromatic N) is 1. The van der Waals surface area contributed by atoms with Crippen LogP contribution in [0.2, 0.25) is 0 Å². The Morgan fingerprint density at radius 1 is 1.22 bits per heavy atom. The van der Waals surface area contributed by atoms with E-state index in [2.05, 4.69) is 10.6 Å². The van der Waals surface area contributed by atoms with Crippen molar-refractivity contribution in [3.8, 4) is 0 Å². The highest BCUT2D eigenvalue weighted by Gasteiger charge is 2.52. The van der Waals surface area contributed by atoms with Crippen LogP contribution in [0.1, 0.15) is 30.3 Å². The van der Waals surface area contributed by atoms with Crippen molar-refractivity contribution >= 4 is 40.9 Å². The van der Waals surface area contributed by atoms with Crippen LogP contribution in [0.15, 0.2) is 47.1 Å². The molecule has 2 saturated heterocycles. The van der Waals surface area contributed by atoms with Gasteiger partial charge >= 0.3 is 0 Å². The van der Waals surface area contributed by atoms with Gasteiger partial charge in [-0.15, -0.1) is 11.8 Å². The Morgan fingerprint density at radius 2 is 2.00 bits per heavy atom. The maximum atomic E-state index is 12.7. The molecule has 8 heteroatoms. The molecule has 0 radical (unpaired) electrons. The number of hydrogen-bond acceptors (Lipinski definition) is 5. The Bertz CT molecular complexity index is 898. The molecule has 2 fully saturated rings. The van der Waals surface area contributed by atoms with Gasteiger partial charge in [0.15, 0.2) is 5.76 Å². The van der Waals surface area contributed by atoms with Crippen molar-refractivity contribution < 1.29 is 18.8 Å². The van der Waals surface area contributed by atoms with E-state index in [1.54, 1.807) is 53.1 Å². The number of thioether (sulfide) groups is 1. The first kappa shape index (κ1) is 17.7. The minimum absolute atomic E-state index is 0.0297. The van der Waals surface area contributed by atoms with Gasteiger partial charge in [-0.1, -0.05) is 6.07 Å². The van der Waals surface area contributed by atoms with Crippen molar-refractivity contribution in [3.63, 3.8) is 0 Å². The molecular weight excluding hydrogens is 366 g/mol. The first-order valence-electron chi connectivity index (χ1n) is 8.68. The molecule has 3 amide bonds. The average Bonchev–Trinajstić information content (AvgIpc) is 3.33. The Hall–Kier alpha value is -2.74. The number of fused-ring (bicyclic) bond motifs is 1. The van der Waals surface area contributed by atoms with Gasteiger partial charge in [-0.25, -0.2) is 0 Å². The highest BCUT2D eigenvalue weighted by molar-refractivity contribution is 8.01. The molecule has 3 heterocycles. The highest BCUT2D eigenvalue weighted by Crippen LogP contribution is 2.47. The first-order valence-corrected chi connectivity index (χ1v) is 9.67. The summed E-state index contributed by atoms with van der Waals surface area (Å²) in [5.74, 6) is 0.245. The van der Waals surface area contributed by atoms with Gasteiger partial charge in [-0.3, -0.25) is 14.4 Å². The second kappa shape index (κ2) is 6.77. The van der Waals surface area contributed by atoms with Crippen LogP contribution in [0.3, 0.4) is 0 Å². The van der Waals surface area contributed by atoms with Crippen molar-refractivity contribution in [3.05, 3.63) is 48.4 Å². The molecule has 2 N–H and O–H groups in total. The average molecular weight is 385 g/mol. The maximum Gasteiger partial charge on any atom is 0.291 e. The number of furan rings is 1. The number of carbonyl (C=O) groups is 3. The highest BCUT2D eigenvalue weighted by atomic mass is 32.2. The van der Waals surface area contributed by atoms with E-state index in [4.69, 9.17) is 4.42 Å². The molecule has 2 aromatic rings. The zero-order chi connectivity index (χ0) is 19.0. The normalized spacial score (nSPS) is 24.0. The second-order valence-corrected chi connectivity index (χ2v) is 8.27. The molecule has 0 spiro atoms. The fourth-order valence-electron chi connectivity index (χ4n) is 3.52. The molecule has 27 heavy (non-hydrogen) atoms. The van der Waals surface area contributed by atoms with E-state index in [0.29, 0.717) is 23.5 Å². The Morgan fingerprint density at radius 3 is 2.74 bits per heavy atom. The molecular formula is C19H19N3O4S. The Balaban J connectivity index is 1.45. The summed E-state index contributed by atoms with van der Waals surface area (Å²) >= 11 is 1.65. The third-order valence-corrected chi connectivity index (χ3v) is 6.39. The minimum Gasteiger partial charge on any atom is -0.459 e. The van der Waals surface area contributed by atoms with Crippen LogP contribution in [0.4, 0.5) is 11.4 Å². The SMILES string of the molecule is C[C@@]12CCC(=O)N1[C@@H](C(=O)Nc1cccc(NC(=O)c3ccco3)c1)CS2. The fraction of sp³-hybridized carbons (Fsp3) is 0.316. The standard InChI is InChI=1S/C19H19N3O4S/c1-19-8-7-16(23)22(19)14(11-27-19)17(24)20-12-4-2-5-13(10-12)21-18(25)15-6-3-9-26-15/h2-6,9-10,14H,7-8,11H2,1H3,(H,20,24)(H,21,25)/t14-,19-/m1/s1. The molecule has 2 aliphatic rings. The number of rotatable bonds is 4. The number of amides is 3. The summed E-state index contributed by atoms with van der Waals surface area (Å²) in [7, 11) is 0. The molecule has 4 rings (SSSR count). The van der Waals surface area contributed by atoms with Crippen LogP contribution in [0.5, 0.6) is 0 Å². The Labute approximate surface area is 160 Å². The largest absolute Gasteiger partial charge is 0.459 e. The van der Waals surface area contributed by atoms with E-state index < -0.39 is 6.04 Å². The van der Waals surface area contributed by atoms with Crippen molar-refractivity contribution in [1.29, 1.82) is 0 Å². The van der Waals surface area contributed by atoms with E-state index in [1.807, 2.05) is 6.92 Å². The van der Waals surface area contributed by atoms with Gasteiger partial charge in [0.1, 0.15) is 6.04 Å². The van der Waals surface area contributed by atoms with E-state index in [0.717, 1.165) is 6.42 Å². The Kier molecular flexibility index (Phi) is 4.43. The zero-order valence-corrected chi connectivity index (χ0v) is 15.5. The number of hydrogen-bond donors (Lipinski definition) is 2. The predicted octanol–water partition coefficient (Wildman–Crippen LogP) is 2.92. The molecule has 1 aromatic carbocycles. The number of nitrogens with one attached hydrogen (secondary N) is 2. The third kappa shape index (κ3) is 3.32. The van der Waals surface area contributed by atoms with E-state index in [-0.39, 0.29) is 28.4 Å². The molecule has 0 aliphatic carbocycles. The van der Waals surface area contributed by atoms with Gasteiger partial charge in [0, 0.05) is 23.5 Å². The van der Waals surface area contributed by atoms with E-state index in [1.165, 1.54) is 6.26 Å². The second-order valence-electron chi connectivity index (χ2n) is 6.77. The molecule has 2 atom stereocenters. The van der Waals surface area contributed by atoms with Gasteiger partial charge < -0.3 is 20.0 Å². The smallest absolute Gasteiger partial charge is 0.291 e. The lowest BCUT2D eigenvalue weighted by Gasteiger charge is -2.29. The maximum absolute atomic E-state index is 12.7. The predicted molar refractivity (Wildman–Crippen MR) is 102 cm³/mol. The lowest BCUT2D eigenvalue weighted by atomic mass is 10.2. The third-order valence-electron chi connectivity index (χ3n) is 4.88. The van der Waals surface area contributed by atoms with Crippen LogP contribution in [-0.4, -0.2) is 39.3 Å². The molecule has 0 bridgehead atoms. The van der Waals surface area contributed by atoms with Crippen molar-refractivity contribution in [1.82, 2.24) is 4.90 Å². The van der Waals surface area contributed by atoms with Gasteiger partial charge in [0.2, 0.25) is 11.8 Å². The molecule has 7 nitrogen and oxygen atoms in total. The zero-order valence-electron chi connectivity index (χ0n) is 14.7. The van der Waals surface area contributed by atoms with Crippen LogP contribution < -0.4 is 10.6 Å². The van der Waals surface area contributed by atoms with E-state index in [9.17, 15) is 14.4 Å². The minimum atomic E-state index is -0.476. The van der Waals surface area contributed by atoms with Crippen molar-refractivity contribution in [2.45, 2.75) is 30.7 Å². The topological polar surface area (TPSA) is 91.7 Å².